The van der Waals surface area contributed by atoms with Crippen LogP contribution in [0.3, 0.4) is 0 Å². The van der Waals surface area contributed by atoms with E-state index in [1.807, 2.05) is 24.9 Å². The molecule has 110 valence electrons. The molecule has 0 saturated heterocycles. The Kier molecular flexibility index (Phi) is 5.48. The van der Waals surface area contributed by atoms with Crippen molar-refractivity contribution < 1.29 is 0 Å². The molecule has 0 spiro atoms. The lowest BCUT2D eigenvalue weighted by Crippen LogP contribution is -2.21. The van der Waals surface area contributed by atoms with E-state index in [0.717, 1.165) is 32.2 Å². The molecule has 0 amide bonds. The normalized spacial score (nSPS) is 12.8. The molecule has 5 nitrogen and oxygen atoms in total. The molecule has 2 rings (SSSR count). The van der Waals surface area contributed by atoms with Crippen LogP contribution in [-0.2, 0) is 13.5 Å². The standard InChI is InChI=1S/C12H19N5S3/c1-5-8(13)6-9-7(2)16-17(3)10(9)19-12-15-14-11(18-4)20-12/h8H,5-6,13H2,1-4H3. The second-order valence-corrected chi connectivity index (χ2v) is 7.77. The number of hydrogen-bond donors (Lipinski definition) is 1. The number of hydrogen-bond acceptors (Lipinski definition) is 7. The Hall–Kier alpha value is -0.570. The number of thioether (sulfide) groups is 1. The molecular weight excluding hydrogens is 310 g/mol. The summed E-state index contributed by atoms with van der Waals surface area (Å²) >= 11 is 4.85. The molecule has 8 heteroatoms. The van der Waals surface area contributed by atoms with Gasteiger partial charge in [-0.05, 0) is 37.8 Å². The van der Waals surface area contributed by atoms with E-state index in [1.165, 1.54) is 5.56 Å². The number of nitrogens with zero attached hydrogens (tertiary/aromatic N) is 4. The molecule has 1 atom stereocenters. The summed E-state index contributed by atoms with van der Waals surface area (Å²) < 4.78 is 3.85. The molecule has 20 heavy (non-hydrogen) atoms. The molecule has 2 heterocycles. The Bertz CT molecular complexity index is 578. The Morgan fingerprint density at radius 3 is 2.65 bits per heavy atom. The van der Waals surface area contributed by atoms with Crippen molar-refractivity contribution >= 4 is 34.9 Å². The highest BCUT2D eigenvalue weighted by atomic mass is 32.2. The van der Waals surface area contributed by atoms with Crippen LogP contribution in [0.25, 0.3) is 0 Å². The average Bonchev–Trinajstić information content (AvgIpc) is 2.98. The van der Waals surface area contributed by atoms with Crippen molar-refractivity contribution in [2.75, 3.05) is 6.26 Å². The molecule has 1 unspecified atom stereocenters. The molecule has 0 fully saturated rings. The van der Waals surface area contributed by atoms with Gasteiger partial charge in [-0.1, -0.05) is 30.0 Å². The van der Waals surface area contributed by atoms with Gasteiger partial charge in [0, 0.05) is 18.7 Å². The van der Waals surface area contributed by atoms with Gasteiger partial charge in [0.15, 0.2) is 8.68 Å². The summed E-state index contributed by atoms with van der Waals surface area (Å²) in [5, 5.41) is 14.0. The fourth-order valence-corrected chi connectivity index (χ4v) is 4.43. The minimum absolute atomic E-state index is 0.174. The van der Waals surface area contributed by atoms with Crippen LogP contribution in [0.4, 0.5) is 0 Å². The van der Waals surface area contributed by atoms with Crippen molar-refractivity contribution in [3.8, 4) is 0 Å². The first kappa shape index (κ1) is 15.8. The van der Waals surface area contributed by atoms with Crippen LogP contribution in [0.5, 0.6) is 0 Å². The summed E-state index contributed by atoms with van der Waals surface area (Å²) in [6.45, 7) is 4.15. The summed E-state index contributed by atoms with van der Waals surface area (Å²) in [5.74, 6) is 0. The van der Waals surface area contributed by atoms with Gasteiger partial charge in [0.1, 0.15) is 5.03 Å². The van der Waals surface area contributed by atoms with Crippen molar-refractivity contribution in [3.63, 3.8) is 0 Å². The van der Waals surface area contributed by atoms with Gasteiger partial charge >= 0.3 is 0 Å². The van der Waals surface area contributed by atoms with Crippen molar-refractivity contribution in [1.82, 2.24) is 20.0 Å². The van der Waals surface area contributed by atoms with Gasteiger partial charge < -0.3 is 5.73 Å². The van der Waals surface area contributed by atoms with E-state index in [1.54, 1.807) is 34.9 Å². The molecule has 0 radical (unpaired) electrons. The maximum atomic E-state index is 6.10. The van der Waals surface area contributed by atoms with Gasteiger partial charge in [-0.15, -0.1) is 10.2 Å². The third-order valence-electron chi connectivity index (χ3n) is 3.03. The predicted molar refractivity (Wildman–Crippen MR) is 85.7 cm³/mol. The lowest BCUT2D eigenvalue weighted by atomic mass is 10.1. The van der Waals surface area contributed by atoms with E-state index in [2.05, 4.69) is 22.2 Å². The highest BCUT2D eigenvalue weighted by molar-refractivity contribution is 8.03. The molecule has 0 saturated carbocycles. The maximum Gasteiger partial charge on any atom is 0.181 e. The number of aryl methyl sites for hydroxylation is 2. The van der Waals surface area contributed by atoms with Gasteiger partial charge in [0.25, 0.3) is 0 Å². The second kappa shape index (κ2) is 6.93. The van der Waals surface area contributed by atoms with Crippen molar-refractivity contribution in [2.45, 2.75) is 46.4 Å². The second-order valence-electron chi connectivity index (χ2n) is 4.51. The molecule has 2 N–H and O–H groups in total. The predicted octanol–water partition coefficient (Wildman–Crippen LogP) is 2.73. The quantitative estimate of drug-likeness (QED) is 0.822. The first-order valence-electron chi connectivity index (χ1n) is 6.38. The smallest absolute Gasteiger partial charge is 0.181 e. The Balaban J connectivity index is 2.25. The van der Waals surface area contributed by atoms with Gasteiger partial charge in [-0.3, -0.25) is 4.68 Å². The fraction of sp³-hybridized carbons (Fsp3) is 0.583. The minimum Gasteiger partial charge on any atom is -0.327 e. The summed E-state index contributed by atoms with van der Waals surface area (Å²) in [7, 11) is 1.97. The van der Waals surface area contributed by atoms with Crippen LogP contribution in [-0.4, -0.2) is 32.3 Å². The zero-order valence-electron chi connectivity index (χ0n) is 12.1. The third kappa shape index (κ3) is 3.55. The topological polar surface area (TPSA) is 69.6 Å². The van der Waals surface area contributed by atoms with E-state index >= 15 is 0 Å². The number of aromatic nitrogens is 4. The Morgan fingerprint density at radius 1 is 1.35 bits per heavy atom. The van der Waals surface area contributed by atoms with E-state index in [0.29, 0.717) is 0 Å². The third-order valence-corrected chi connectivity index (χ3v) is 6.18. The SMILES string of the molecule is CCC(N)Cc1c(C)nn(C)c1Sc1nnc(SC)s1. The maximum absolute atomic E-state index is 6.10. The average molecular weight is 330 g/mol. The lowest BCUT2D eigenvalue weighted by Gasteiger charge is -2.09. The summed E-state index contributed by atoms with van der Waals surface area (Å²) in [6, 6.07) is 0.174. The van der Waals surface area contributed by atoms with E-state index < -0.39 is 0 Å². The van der Waals surface area contributed by atoms with Gasteiger partial charge in [-0.25, -0.2) is 0 Å². The largest absolute Gasteiger partial charge is 0.327 e. The van der Waals surface area contributed by atoms with Crippen LogP contribution in [0.2, 0.25) is 0 Å². The number of nitrogens with two attached hydrogens (primary N) is 1. The monoisotopic (exact) mass is 329 g/mol. The summed E-state index contributed by atoms with van der Waals surface area (Å²) in [4.78, 5) is 0. The number of rotatable bonds is 6. The molecule has 2 aromatic rings. The first-order chi connectivity index (χ1) is 9.55. The van der Waals surface area contributed by atoms with E-state index in [9.17, 15) is 0 Å². The first-order valence-corrected chi connectivity index (χ1v) is 9.24. The zero-order chi connectivity index (χ0) is 14.7. The Labute approximate surface area is 131 Å². The van der Waals surface area contributed by atoms with E-state index in [4.69, 9.17) is 5.73 Å². The molecule has 0 bridgehead atoms. The van der Waals surface area contributed by atoms with Crippen molar-refractivity contribution in [1.29, 1.82) is 0 Å². The molecule has 2 aromatic heterocycles. The van der Waals surface area contributed by atoms with Gasteiger partial charge in [0.05, 0.1) is 5.69 Å². The highest BCUT2D eigenvalue weighted by Crippen LogP contribution is 2.35. The van der Waals surface area contributed by atoms with Crippen LogP contribution < -0.4 is 5.73 Å². The van der Waals surface area contributed by atoms with Crippen LogP contribution in [0.1, 0.15) is 24.6 Å². The van der Waals surface area contributed by atoms with Crippen LogP contribution in [0, 0.1) is 6.92 Å². The van der Waals surface area contributed by atoms with Gasteiger partial charge in [0.2, 0.25) is 0 Å². The van der Waals surface area contributed by atoms with Crippen molar-refractivity contribution in [3.05, 3.63) is 11.3 Å². The Morgan fingerprint density at radius 2 is 2.05 bits per heavy atom. The van der Waals surface area contributed by atoms with E-state index in [-0.39, 0.29) is 6.04 Å². The van der Waals surface area contributed by atoms with Gasteiger partial charge in [-0.2, -0.15) is 5.10 Å². The van der Waals surface area contributed by atoms with Crippen LogP contribution >= 0.6 is 34.9 Å². The summed E-state index contributed by atoms with van der Waals surface area (Å²) in [6.07, 6.45) is 3.83. The molecule has 0 aliphatic heterocycles. The molecule has 0 aliphatic rings. The van der Waals surface area contributed by atoms with Crippen molar-refractivity contribution in [2.24, 2.45) is 12.8 Å². The lowest BCUT2D eigenvalue weighted by molar-refractivity contribution is 0.631. The molecule has 0 aromatic carbocycles. The summed E-state index contributed by atoms with van der Waals surface area (Å²) in [5.41, 5.74) is 8.38. The molecular formula is C12H19N5S3. The fourth-order valence-electron chi connectivity index (χ4n) is 1.85. The highest BCUT2D eigenvalue weighted by Gasteiger charge is 2.18. The molecule has 0 aliphatic carbocycles. The zero-order valence-corrected chi connectivity index (χ0v) is 14.5. The minimum atomic E-state index is 0.174. The van der Waals surface area contributed by atoms with Crippen LogP contribution in [0.15, 0.2) is 13.7 Å².